The third kappa shape index (κ3) is 2.09. The summed E-state index contributed by atoms with van der Waals surface area (Å²) in [7, 11) is 3.06. The van der Waals surface area contributed by atoms with Crippen LogP contribution >= 0.6 is 0 Å². The van der Waals surface area contributed by atoms with E-state index in [4.69, 9.17) is 9.47 Å². The predicted molar refractivity (Wildman–Crippen MR) is 64.9 cm³/mol. The van der Waals surface area contributed by atoms with Gasteiger partial charge in [0.25, 0.3) is 0 Å². The lowest BCUT2D eigenvalue weighted by atomic mass is 10.2. The van der Waals surface area contributed by atoms with Gasteiger partial charge < -0.3 is 14.8 Å². The van der Waals surface area contributed by atoms with Crippen molar-refractivity contribution in [3.8, 4) is 11.5 Å². The van der Waals surface area contributed by atoms with Gasteiger partial charge in [-0.15, -0.1) is 0 Å². The van der Waals surface area contributed by atoms with Crippen LogP contribution in [-0.2, 0) is 9.59 Å². The molecule has 18 heavy (non-hydrogen) atoms. The maximum absolute atomic E-state index is 11.8. The second-order valence-electron chi connectivity index (χ2n) is 3.75. The molecule has 2 rings (SSSR count). The van der Waals surface area contributed by atoms with Crippen LogP contribution in [0.2, 0.25) is 0 Å². The number of nitrogens with zero attached hydrogens (tertiary/aromatic N) is 1. The minimum atomic E-state index is -0.598. The van der Waals surface area contributed by atoms with Crippen molar-refractivity contribution < 1.29 is 19.1 Å². The minimum Gasteiger partial charge on any atom is -0.497 e. The second-order valence-corrected chi connectivity index (χ2v) is 3.75. The minimum absolute atomic E-state index is 0.424. The lowest BCUT2D eigenvalue weighted by molar-refractivity contribution is -0.138. The van der Waals surface area contributed by atoms with Crippen molar-refractivity contribution >= 4 is 17.5 Å². The van der Waals surface area contributed by atoms with E-state index < -0.39 is 11.8 Å². The Kier molecular flexibility index (Phi) is 3.36. The summed E-state index contributed by atoms with van der Waals surface area (Å²) in [5.41, 5.74) is 0.568. The lowest BCUT2D eigenvalue weighted by Gasteiger charge is -2.27. The monoisotopic (exact) mass is 250 g/mol. The fraction of sp³-hybridized carbons (Fsp3) is 0.333. The molecule has 1 aliphatic rings. The Morgan fingerprint density at radius 1 is 1.22 bits per heavy atom. The number of carbonyl (C=O) groups is 2. The summed E-state index contributed by atoms with van der Waals surface area (Å²) in [5, 5.41) is 2.50. The molecule has 6 heteroatoms. The summed E-state index contributed by atoms with van der Waals surface area (Å²) in [6, 6.07) is 5.10. The maximum atomic E-state index is 11.8. The van der Waals surface area contributed by atoms with Crippen LogP contribution in [0.1, 0.15) is 0 Å². The van der Waals surface area contributed by atoms with Crippen molar-refractivity contribution in [3.63, 3.8) is 0 Å². The van der Waals surface area contributed by atoms with Crippen LogP contribution < -0.4 is 19.7 Å². The first-order valence-corrected chi connectivity index (χ1v) is 5.49. The van der Waals surface area contributed by atoms with E-state index in [1.807, 2.05) is 0 Å². The maximum Gasteiger partial charge on any atom is 0.316 e. The zero-order valence-corrected chi connectivity index (χ0v) is 10.2. The van der Waals surface area contributed by atoms with Crippen molar-refractivity contribution in [2.45, 2.75) is 0 Å². The number of hydrogen-bond acceptors (Lipinski definition) is 4. The Bertz CT molecular complexity index is 487. The molecule has 0 bridgehead atoms. The summed E-state index contributed by atoms with van der Waals surface area (Å²) in [4.78, 5) is 24.5. The van der Waals surface area contributed by atoms with Gasteiger partial charge in [0.05, 0.1) is 19.9 Å². The number of methoxy groups -OCH3 is 2. The predicted octanol–water partition coefficient (Wildman–Crippen LogP) is 0.167. The van der Waals surface area contributed by atoms with E-state index in [1.54, 1.807) is 25.3 Å². The molecular weight excluding hydrogens is 236 g/mol. The van der Waals surface area contributed by atoms with Gasteiger partial charge in [-0.05, 0) is 12.1 Å². The normalized spacial score (nSPS) is 15.3. The zero-order chi connectivity index (χ0) is 13.1. The van der Waals surface area contributed by atoms with Gasteiger partial charge in [-0.1, -0.05) is 0 Å². The van der Waals surface area contributed by atoms with Gasteiger partial charge in [0.2, 0.25) is 0 Å². The third-order valence-corrected chi connectivity index (χ3v) is 2.74. The molecule has 1 aromatic rings. The highest BCUT2D eigenvalue weighted by Gasteiger charge is 2.29. The third-order valence-electron chi connectivity index (χ3n) is 2.74. The number of rotatable bonds is 3. The Morgan fingerprint density at radius 2 is 2.00 bits per heavy atom. The van der Waals surface area contributed by atoms with Crippen molar-refractivity contribution in [2.24, 2.45) is 0 Å². The number of hydrogen-bond donors (Lipinski definition) is 1. The van der Waals surface area contributed by atoms with Gasteiger partial charge >= 0.3 is 11.8 Å². The van der Waals surface area contributed by atoms with Crippen LogP contribution in [-0.4, -0.2) is 39.1 Å². The number of nitrogens with one attached hydrogen (secondary N) is 1. The average Bonchev–Trinajstić information content (AvgIpc) is 2.41. The average molecular weight is 250 g/mol. The summed E-state index contributed by atoms with van der Waals surface area (Å²) in [6.07, 6.45) is 0. The van der Waals surface area contributed by atoms with E-state index in [1.165, 1.54) is 12.0 Å². The van der Waals surface area contributed by atoms with Crippen LogP contribution in [0.25, 0.3) is 0 Å². The molecule has 1 N–H and O–H groups in total. The van der Waals surface area contributed by atoms with E-state index in [0.717, 1.165) is 0 Å². The zero-order valence-electron chi connectivity index (χ0n) is 10.2. The van der Waals surface area contributed by atoms with Gasteiger partial charge in [0.15, 0.2) is 0 Å². The van der Waals surface area contributed by atoms with Gasteiger partial charge in [-0.3, -0.25) is 14.5 Å². The quantitative estimate of drug-likeness (QED) is 0.776. The Morgan fingerprint density at radius 3 is 2.67 bits per heavy atom. The van der Waals surface area contributed by atoms with E-state index in [9.17, 15) is 9.59 Å². The summed E-state index contributed by atoms with van der Waals surface area (Å²) in [6.45, 7) is 0.854. The summed E-state index contributed by atoms with van der Waals surface area (Å²) in [5.74, 6) is -0.0502. The van der Waals surface area contributed by atoms with Gasteiger partial charge in [-0.2, -0.15) is 0 Å². The van der Waals surface area contributed by atoms with E-state index in [-0.39, 0.29) is 0 Å². The van der Waals surface area contributed by atoms with Crippen LogP contribution in [0.15, 0.2) is 18.2 Å². The van der Waals surface area contributed by atoms with Crippen LogP contribution in [0.4, 0.5) is 5.69 Å². The topological polar surface area (TPSA) is 67.9 Å². The number of ether oxygens (including phenoxy) is 2. The highest BCUT2D eigenvalue weighted by Crippen LogP contribution is 2.32. The SMILES string of the molecule is COc1ccc(N2CCNC(=O)C2=O)c(OC)c1. The van der Waals surface area contributed by atoms with Crippen molar-refractivity contribution in [2.75, 3.05) is 32.2 Å². The molecule has 0 radical (unpaired) electrons. The molecule has 0 atom stereocenters. The van der Waals surface area contributed by atoms with Crippen LogP contribution in [0.3, 0.4) is 0 Å². The molecule has 0 saturated carbocycles. The van der Waals surface area contributed by atoms with Crippen molar-refractivity contribution in [3.05, 3.63) is 18.2 Å². The molecular formula is C12H14N2O4. The molecule has 1 aliphatic heterocycles. The van der Waals surface area contributed by atoms with Crippen molar-refractivity contribution in [1.29, 1.82) is 0 Å². The number of piperazine rings is 1. The van der Waals surface area contributed by atoms with Gasteiger partial charge in [0, 0.05) is 19.2 Å². The molecule has 0 unspecified atom stereocenters. The largest absolute Gasteiger partial charge is 0.497 e. The Hall–Kier alpha value is -2.24. The van der Waals surface area contributed by atoms with Gasteiger partial charge in [-0.25, -0.2) is 0 Å². The Labute approximate surface area is 104 Å². The first-order chi connectivity index (χ1) is 8.67. The summed E-state index contributed by atoms with van der Waals surface area (Å²) < 4.78 is 10.3. The summed E-state index contributed by atoms with van der Waals surface area (Å²) >= 11 is 0. The number of amides is 2. The fourth-order valence-corrected chi connectivity index (χ4v) is 1.82. The molecule has 0 aliphatic carbocycles. The highest BCUT2D eigenvalue weighted by molar-refractivity contribution is 6.41. The lowest BCUT2D eigenvalue weighted by Crippen LogP contribution is -2.52. The molecule has 0 aromatic heterocycles. The Balaban J connectivity index is 2.37. The molecule has 96 valence electrons. The smallest absolute Gasteiger partial charge is 0.316 e. The van der Waals surface area contributed by atoms with Crippen LogP contribution in [0, 0.1) is 0 Å². The molecule has 1 heterocycles. The standard InChI is InChI=1S/C12H14N2O4/c1-17-8-3-4-9(10(7-8)18-2)14-6-5-13-11(15)12(14)16/h3-4,7H,5-6H2,1-2H3,(H,13,15). The second kappa shape index (κ2) is 4.95. The van der Waals surface area contributed by atoms with E-state index in [2.05, 4.69) is 5.32 Å². The van der Waals surface area contributed by atoms with Crippen molar-refractivity contribution in [1.82, 2.24) is 5.32 Å². The molecule has 6 nitrogen and oxygen atoms in total. The van der Waals surface area contributed by atoms with Gasteiger partial charge in [0.1, 0.15) is 11.5 Å². The number of anilines is 1. The molecule has 2 amide bonds. The van der Waals surface area contributed by atoms with Crippen LogP contribution in [0.5, 0.6) is 11.5 Å². The molecule has 1 aromatic carbocycles. The first kappa shape index (κ1) is 12.2. The molecule has 1 saturated heterocycles. The fourth-order valence-electron chi connectivity index (χ4n) is 1.82. The molecule has 0 spiro atoms. The van der Waals surface area contributed by atoms with E-state index >= 15 is 0 Å². The number of carbonyl (C=O) groups excluding carboxylic acids is 2. The van der Waals surface area contributed by atoms with E-state index in [0.29, 0.717) is 30.3 Å². The highest BCUT2D eigenvalue weighted by atomic mass is 16.5. The molecule has 1 fully saturated rings. The number of benzene rings is 1. The first-order valence-electron chi connectivity index (χ1n) is 5.49.